The summed E-state index contributed by atoms with van der Waals surface area (Å²) in [5, 5.41) is 30.8. The van der Waals surface area contributed by atoms with Gasteiger partial charge in [0, 0.05) is 140 Å². The zero-order valence-corrected chi connectivity index (χ0v) is 72.8. The van der Waals surface area contributed by atoms with Crippen LogP contribution in [0.2, 0.25) is 0 Å². The number of rotatable bonds is 8. The molecule has 10 heteroatoms. The topological polar surface area (TPSA) is 84.4 Å². The van der Waals surface area contributed by atoms with Gasteiger partial charge in [-0.3, -0.25) is 0 Å². The van der Waals surface area contributed by atoms with E-state index in [0.29, 0.717) is 5.82 Å². The summed E-state index contributed by atoms with van der Waals surface area (Å²) in [6.07, 6.45) is 0. The SMILES string of the molecule is c1cc(-c2nc(-c3cccc4sc5ccccc5c34)c3ccccc3n2)c2ccc(-n3c4ccccc4c4cc5cccc(-n6c7ccccc7c7ccc8ccccc8c76)c5cc43)cc2c1.c1cc(-n2c3ccccc3c3ccc4ccccc4c32)c2cc3c(cc2c1)c1ccccc1n3-c1cccc2c(-c3nc(-c4cccc5oc6ccccc6c45)c4ccccc4n3)cccc12. The fraction of sp³-hybridized carbons (Fsp3) is 0. The molecule has 0 bridgehead atoms. The molecule has 0 saturated carbocycles. The molecular weight excluding hydrogens is 1650 g/mol. The van der Waals surface area contributed by atoms with Crippen molar-refractivity contribution in [1.29, 1.82) is 0 Å². The zero-order valence-electron chi connectivity index (χ0n) is 72.0. The van der Waals surface area contributed by atoms with Crippen LogP contribution in [0.15, 0.2) is 441 Å². The molecule has 9 nitrogen and oxygen atoms in total. The Hall–Kier alpha value is -17.7. The Morgan fingerprint density at radius 3 is 1.19 bits per heavy atom. The number of fused-ring (bicyclic) bond motifs is 28. The summed E-state index contributed by atoms with van der Waals surface area (Å²) in [6, 6.07) is 158. The molecular formula is C124H72N8OS. The monoisotopic (exact) mass is 1720 g/mol. The molecule has 0 fully saturated rings. The maximum absolute atomic E-state index is 6.36. The van der Waals surface area contributed by atoms with Gasteiger partial charge in [-0.1, -0.05) is 322 Å². The maximum Gasteiger partial charge on any atom is 0.161 e. The first kappa shape index (κ1) is 74.3. The molecule has 30 rings (SSSR count). The van der Waals surface area contributed by atoms with Crippen LogP contribution >= 0.6 is 11.3 Å². The van der Waals surface area contributed by atoms with Crippen LogP contribution in [0.1, 0.15) is 0 Å². The van der Waals surface area contributed by atoms with Crippen molar-refractivity contribution in [2.24, 2.45) is 0 Å². The van der Waals surface area contributed by atoms with E-state index in [2.05, 4.69) is 437 Å². The number of benzene rings is 22. The molecule has 620 valence electrons. The Bertz CT molecular complexity index is 10400. The van der Waals surface area contributed by atoms with Crippen LogP contribution < -0.4 is 0 Å². The summed E-state index contributed by atoms with van der Waals surface area (Å²) < 4.78 is 18.8. The van der Waals surface area contributed by atoms with E-state index >= 15 is 0 Å². The maximum atomic E-state index is 6.36. The van der Waals surface area contributed by atoms with E-state index in [4.69, 9.17) is 24.4 Å². The molecule has 30 aromatic rings. The van der Waals surface area contributed by atoms with Crippen molar-refractivity contribution < 1.29 is 4.42 Å². The van der Waals surface area contributed by atoms with Crippen molar-refractivity contribution >= 4 is 227 Å². The molecule has 8 heterocycles. The van der Waals surface area contributed by atoms with E-state index in [9.17, 15) is 0 Å². The lowest BCUT2D eigenvalue weighted by Gasteiger charge is -2.16. The van der Waals surface area contributed by atoms with Crippen LogP contribution in [0, 0.1) is 0 Å². The van der Waals surface area contributed by atoms with E-state index in [1.807, 2.05) is 29.5 Å². The highest BCUT2D eigenvalue weighted by Gasteiger charge is 2.27. The highest BCUT2D eigenvalue weighted by atomic mass is 32.1. The highest BCUT2D eigenvalue weighted by molar-refractivity contribution is 7.26. The van der Waals surface area contributed by atoms with Crippen LogP contribution in [0.25, 0.3) is 284 Å². The summed E-state index contributed by atoms with van der Waals surface area (Å²) in [5.74, 6) is 1.40. The molecule has 22 aromatic carbocycles. The number of aromatic nitrogens is 8. The third-order valence-electron chi connectivity index (χ3n) is 28.2. The number of para-hydroxylation sites is 7. The minimum Gasteiger partial charge on any atom is -0.456 e. The average molecular weight is 1720 g/mol. The second kappa shape index (κ2) is 28.9. The largest absolute Gasteiger partial charge is 0.456 e. The van der Waals surface area contributed by atoms with Crippen molar-refractivity contribution in [2.75, 3.05) is 0 Å². The molecule has 0 amide bonds. The third-order valence-corrected chi connectivity index (χ3v) is 29.3. The van der Waals surface area contributed by atoms with E-state index in [1.165, 1.54) is 145 Å². The van der Waals surface area contributed by atoms with Gasteiger partial charge < -0.3 is 22.7 Å². The fourth-order valence-electron chi connectivity index (χ4n) is 22.4. The van der Waals surface area contributed by atoms with Gasteiger partial charge in [0.25, 0.3) is 0 Å². The Labute approximate surface area is 769 Å². The van der Waals surface area contributed by atoms with Crippen molar-refractivity contribution in [3.63, 3.8) is 0 Å². The Balaban J connectivity index is 0.000000131. The molecule has 8 aromatic heterocycles. The second-order valence-electron chi connectivity index (χ2n) is 35.3. The second-order valence-corrected chi connectivity index (χ2v) is 36.4. The fourth-order valence-corrected chi connectivity index (χ4v) is 23.5. The molecule has 0 aliphatic carbocycles. The summed E-state index contributed by atoms with van der Waals surface area (Å²) in [6.45, 7) is 0. The lowest BCUT2D eigenvalue weighted by Crippen LogP contribution is -1.99. The predicted octanol–water partition coefficient (Wildman–Crippen LogP) is 33.5. The Kier molecular flexibility index (Phi) is 16.0. The van der Waals surface area contributed by atoms with Crippen LogP contribution in [-0.2, 0) is 0 Å². The third kappa shape index (κ3) is 11.0. The van der Waals surface area contributed by atoms with Gasteiger partial charge in [0.2, 0.25) is 0 Å². The normalized spacial score (nSPS) is 12.2. The van der Waals surface area contributed by atoms with Gasteiger partial charge in [-0.15, -0.1) is 11.3 Å². The zero-order chi connectivity index (χ0) is 87.5. The van der Waals surface area contributed by atoms with Crippen molar-refractivity contribution in [3.8, 4) is 68.0 Å². The smallest absolute Gasteiger partial charge is 0.161 e. The standard InChI is InChI=1S/C62H36N4O.C62H36N4S/c1-2-17-39-37(15-1)33-34-44-42-18-4-9-28-54(42)66(61(39)44)55-29-11-16-38-35-50-43-19-5-8-27-52(43)65(56(50)36-49(38)55)53-30-13-22-40-41(53)23-12-24-45(40)62-63-51-26-7-3-20-46(51)60(64-62)48-25-14-32-58-59(48)47-21-6-10-31-57(47)67-58;1-2-17-42-37(14-1)30-32-45-43-18-4-9-26-54(43)66(61(42)45)55-27-12-16-39-35-51-44-19-5-8-25-53(44)65(56(51)36-50(39)55)40-31-33-41-38(34-40)15-11-22-46(41)62-63-52-24-7-3-20-47(52)60(64-62)49-23-13-29-58-59(49)48-21-6-10-28-57(48)67-58/h2*1-36H. The lowest BCUT2D eigenvalue weighted by molar-refractivity contribution is 0.669. The first-order valence-electron chi connectivity index (χ1n) is 45.6. The van der Waals surface area contributed by atoms with Gasteiger partial charge in [-0.25, -0.2) is 19.9 Å². The van der Waals surface area contributed by atoms with Crippen LogP contribution in [0.5, 0.6) is 0 Å². The molecule has 0 unspecified atom stereocenters. The van der Waals surface area contributed by atoms with Crippen LogP contribution in [-0.4, -0.2) is 38.2 Å². The van der Waals surface area contributed by atoms with Gasteiger partial charge in [0.15, 0.2) is 11.6 Å². The van der Waals surface area contributed by atoms with Crippen molar-refractivity contribution in [1.82, 2.24) is 38.2 Å². The van der Waals surface area contributed by atoms with E-state index in [0.717, 1.165) is 133 Å². The molecule has 134 heavy (non-hydrogen) atoms. The highest BCUT2D eigenvalue weighted by Crippen LogP contribution is 2.49. The first-order valence-corrected chi connectivity index (χ1v) is 46.5. The van der Waals surface area contributed by atoms with Crippen LogP contribution in [0.4, 0.5) is 0 Å². The minimum absolute atomic E-state index is 0.679. The van der Waals surface area contributed by atoms with Crippen molar-refractivity contribution in [2.45, 2.75) is 0 Å². The Morgan fingerprint density at radius 1 is 0.194 bits per heavy atom. The number of hydrogen-bond acceptors (Lipinski definition) is 6. The number of nitrogens with zero attached hydrogens (tertiary/aromatic N) is 8. The van der Waals surface area contributed by atoms with Gasteiger partial charge in [-0.05, 0) is 153 Å². The van der Waals surface area contributed by atoms with Gasteiger partial charge in [-0.2, -0.15) is 0 Å². The first-order chi connectivity index (χ1) is 66.5. The molecule has 0 N–H and O–H groups in total. The van der Waals surface area contributed by atoms with E-state index in [1.54, 1.807) is 0 Å². The minimum atomic E-state index is 0.679. The summed E-state index contributed by atoms with van der Waals surface area (Å²) >= 11 is 1.83. The number of hydrogen-bond donors (Lipinski definition) is 0. The summed E-state index contributed by atoms with van der Waals surface area (Å²) in [4.78, 5) is 21.5. The molecule has 0 saturated heterocycles. The quantitative estimate of drug-likeness (QED) is 0.151. The van der Waals surface area contributed by atoms with Gasteiger partial charge in [0.1, 0.15) is 11.2 Å². The van der Waals surface area contributed by atoms with Crippen molar-refractivity contribution in [3.05, 3.63) is 437 Å². The molecule has 0 aliphatic heterocycles. The van der Waals surface area contributed by atoms with E-state index in [-0.39, 0.29) is 0 Å². The molecule has 0 aliphatic rings. The Morgan fingerprint density at radius 2 is 0.582 bits per heavy atom. The van der Waals surface area contributed by atoms with Gasteiger partial charge >= 0.3 is 0 Å². The predicted molar refractivity (Wildman–Crippen MR) is 563 cm³/mol. The molecule has 0 atom stereocenters. The number of thiophene rings is 1. The van der Waals surface area contributed by atoms with Crippen LogP contribution in [0.3, 0.4) is 0 Å². The number of furan rings is 1. The lowest BCUT2D eigenvalue weighted by atomic mass is 9.99. The van der Waals surface area contributed by atoms with E-state index < -0.39 is 0 Å². The molecule has 0 spiro atoms. The average Bonchev–Trinajstić information content (AvgIpc) is 1.53. The van der Waals surface area contributed by atoms with Gasteiger partial charge in [0.05, 0.1) is 83.6 Å². The summed E-state index contributed by atoms with van der Waals surface area (Å²) in [7, 11) is 0. The molecule has 0 radical (unpaired) electrons. The summed E-state index contributed by atoms with van der Waals surface area (Å²) in [5.41, 5.74) is 23.5.